The molecule has 0 aromatic heterocycles. The summed E-state index contributed by atoms with van der Waals surface area (Å²) < 4.78 is 10.4. The quantitative estimate of drug-likeness (QED) is 0.349. The number of nitrogens with zero attached hydrogens (tertiary/aromatic N) is 2. The number of aliphatic hydroxyl groups is 3. The van der Waals surface area contributed by atoms with Gasteiger partial charge in [-0.1, -0.05) is 6.92 Å². The summed E-state index contributed by atoms with van der Waals surface area (Å²) in [6, 6.07) is -1.14. The highest BCUT2D eigenvalue weighted by Crippen LogP contribution is 2.20. The molecule has 5 atom stereocenters. The van der Waals surface area contributed by atoms with Crippen molar-refractivity contribution < 1.29 is 34.4 Å². The Morgan fingerprint density at radius 3 is 2.44 bits per heavy atom. The van der Waals surface area contributed by atoms with Crippen LogP contribution in [0.4, 0.5) is 0 Å². The van der Waals surface area contributed by atoms with Crippen molar-refractivity contribution >= 4 is 11.9 Å². The lowest BCUT2D eigenvalue weighted by atomic mass is 9.97. The fourth-order valence-corrected chi connectivity index (χ4v) is 3.13. The first-order valence-corrected chi connectivity index (χ1v) is 9.37. The molecule has 0 saturated carbocycles. The number of ether oxygens (including phenoxy) is 2. The summed E-state index contributed by atoms with van der Waals surface area (Å²) in [6.07, 6.45) is -4.58. The van der Waals surface area contributed by atoms with Crippen LogP contribution in [-0.4, -0.2) is 114 Å². The summed E-state index contributed by atoms with van der Waals surface area (Å²) in [5.41, 5.74) is 0. The molecule has 2 rings (SSSR count). The second kappa shape index (κ2) is 10.3. The standard InChI is InChI=1S/C17H31N3O7/c1-3-4-12(21)18-14-16(24)15(23)11(27-17(14)25)10-26-13(22)9-20-7-5-19(2)6-8-20/h11,14-17,23-25H,3-10H2,1-2H3,(H,18,21)/t11-,14-,15-,16-,17?/m1/s1. The van der Waals surface area contributed by atoms with Crippen LogP contribution in [0.15, 0.2) is 0 Å². The van der Waals surface area contributed by atoms with Crippen molar-refractivity contribution in [1.29, 1.82) is 0 Å². The van der Waals surface area contributed by atoms with Crippen molar-refractivity contribution in [3.05, 3.63) is 0 Å². The predicted octanol–water partition coefficient (Wildman–Crippen LogP) is -2.50. The predicted molar refractivity (Wildman–Crippen MR) is 94.6 cm³/mol. The van der Waals surface area contributed by atoms with E-state index in [4.69, 9.17) is 9.47 Å². The highest BCUT2D eigenvalue weighted by atomic mass is 16.6. The number of rotatable bonds is 7. The second-order valence-electron chi connectivity index (χ2n) is 7.15. The molecule has 1 amide bonds. The number of esters is 1. The van der Waals surface area contributed by atoms with Gasteiger partial charge in [-0.2, -0.15) is 0 Å². The molecule has 2 saturated heterocycles. The van der Waals surface area contributed by atoms with Crippen molar-refractivity contribution in [2.24, 2.45) is 0 Å². The van der Waals surface area contributed by atoms with Crippen LogP contribution in [-0.2, 0) is 19.1 Å². The summed E-state index contributed by atoms with van der Waals surface area (Å²) in [5, 5.41) is 32.9. The zero-order valence-electron chi connectivity index (χ0n) is 15.9. The summed E-state index contributed by atoms with van der Waals surface area (Å²) in [4.78, 5) is 27.8. The number of carbonyl (C=O) groups excluding carboxylic acids is 2. The number of amides is 1. The van der Waals surface area contributed by atoms with Gasteiger partial charge in [0.25, 0.3) is 0 Å². The number of aliphatic hydroxyl groups excluding tert-OH is 3. The summed E-state index contributed by atoms with van der Waals surface area (Å²) in [6.45, 7) is 4.96. The number of carbonyl (C=O) groups is 2. The van der Waals surface area contributed by atoms with Gasteiger partial charge in [0.2, 0.25) is 5.91 Å². The highest BCUT2D eigenvalue weighted by Gasteiger charge is 2.45. The maximum Gasteiger partial charge on any atom is 0.320 e. The zero-order chi connectivity index (χ0) is 20.0. The first-order valence-electron chi connectivity index (χ1n) is 9.37. The molecule has 0 spiro atoms. The third kappa shape index (κ3) is 6.37. The van der Waals surface area contributed by atoms with E-state index in [9.17, 15) is 24.9 Å². The molecule has 10 nitrogen and oxygen atoms in total. The molecule has 0 bridgehead atoms. The molecule has 2 aliphatic rings. The Labute approximate surface area is 159 Å². The Hall–Kier alpha value is -1.30. The Balaban J connectivity index is 1.78. The first-order chi connectivity index (χ1) is 12.8. The van der Waals surface area contributed by atoms with Gasteiger partial charge in [0.1, 0.15) is 31.0 Å². The Kier molecular flexibility index (Phi) is 8.39. The molecule has 0 aromatic carbocycles. The van der Waals surface area contributed by atoms with Gasteiger partial charge in [-0.25, -0.2) is 0 Å². The van der Waals surface area contributed by atoms with Gasteiger partial charge >= 0.3 is 5.97 Å². The van der Waals surface area contributed by atoms with E-state index in [2.05, 4.69) is 10.2 Å². The number of piperazine rings is 1. The van der Waals surface area contributed by atoms with Gasteiger partial charge in [-0.3, -0.25) is 14.5 Å². The monoisotopic (exact) mass is 389 g/mol. The molecule has 0 radical (unpaired) electrons. The Bertz CT molecular complexity index is 499. The molecule has 156 valence electrons. The van der Waals surface area contributed by atoms with E-state index >= 15 is 0 Å². The lowest BCUT2D eigenvalue weighted by Gasteiger charge is -2.40. The lowest BCUT2D eigenvalue weighted by Crippen LogP contribution is -2.64. The van der Waals surface area contributed by atoms with Gasteiger partial charge < -0.3 is 35.0 Å². The van der Waals surface area contributed by atoms with Crippen LogP contribution in [0.3, 0.4) is 0 Å². The first kappa shape index (κ1) is 22.0. The van der Waals surface area contributed by atoms with Crippen LogP contribution in [0, 0.1) is 0 Å². The molecule has 27 heavy (non-hydrogen) atoms. The molecular formula is C17H31N3O7. The van der Waals surface area contributed by atoms with Gasteiger partial charge in [-0.15, -0.1) is 0 Å². The van der Waals surface area contributed by atoms with Crippen molar-refractivity contribution in [1.82, 2.24) is 15.1 Å². The number of hydrogen-bond acceptors (Lipinski definition) is 9. The van der Waals surface area contributed by atoms with Gasteiger partial charge in [-0.05, 0) is 13.5 Å². The average molecular weight is 389 g/mol. The third-order valence-electron chi connectivity index (χ3n) is 4.88. The minimum absolute atomic E-state index is 0.136. The zero-order valence-corrected chi connectivity index (χ0v) is 15.9. The normalized spacial score (nSPS) is 32.9. The van der Waals surface area contributed by atoms with Crippen molar-refractivity contribution in [2.75, 3.05) is 46.4 Å². The maximum atomic E-state index is 12.0. The van der Waals surface area contributed by atoms with Crippen LogP contribution in [0.2, 0.25) is 0 Å². The fourth-order valence-electron chi connectivity index (χ4n) is 3.13. The van der Waals surface area contributed by atoms with E-state index in [0.717, 1.165) is 26.2 Å². The van der Waals surface area contributed by atoms with E-state index < -0.39 is 36.6 Å². The largest absolute Gasteiger partial charge is 0.462 e. The van der Waals surface area contributed by atoms with E-state index in [0.29, 0.717) is 6.42 Å². The highest BCUT2D eigenvalue weighted by molar-refractivity contribution is 5.76. The summed E-state index contributed by atoms with van der Waals surface area (Å²) in [5.74, 6) is -0.814. The summed E-state index contributed by atoms with van der Waals surface area (Å²) in [7, 11) is 2.02. The molecule has 2 aliphatic heterocycles. The van der Waals surface area contributed by atoms with Crippen LogP contribution in [0.5, 0.6) is 0 Å². The van der Waals surface area contributed by atoms with Crippen molar-refractivity contribution in [3.8, 4) is 0 Å². The molecule has 0 aliphatic carbocycles. The molecule has 2 fully saturated rings. The minimum Gasteiger partial charge on any atom is -0.462 e. The van der Waals surface area contributed by atoms with Gasteiger partial charge in [0.15, 0.2) is 6.29 Å². The molecule has 2 heterocycles. The van der Waals surface area contributed by atoms with Crippen LogP contribution < -0.4 is 5.32 Å². The number of nitrogens with one attached hydrogen (secondary N) is 1. The topological polar surface area (TPSA) is 132 Å². The SMILES string of the molecule is CCCC(=O)N[C@H]1C(O)O[C@H](COC(=O)CN2CCN(C)CC2)[C@@H](O)[C@@H]1O. The molecule has 10 heteroatoms. The molecule has 0 aromatic rings. The van der Waals surface area contributed by atoms with E-state index in [-0.39, 0.29) is 25.5 Å². The van der Waals surface area contributed by atoms with Crippen molar-refractivity contribution in [3.63, 3.8) is 0 Å². The molecule has 1 unspecified atom stereocenters. The number of likely N-dealkylation sites (N-methyl/N-ethyl adjacent to an activating group) is 1. The van der Waals surface area contributed by atoms with Crippen LogP contribution in [0.25, 0.3) is 0 Å². The van der Waals surface area contributed by atoms with E-state index in [1.807, 2.05) is 18.9 Å². The van der Waals surface area contributed by atoms with Gasteiger partial charge in [0, 0.05) is 32.6 Å². The van der Waals surface area contributed by atoms with Crippen molar-refractivity contribution in [2.45, 2.75) is 50.4 Å². The third-order valence-corrected chi connectivity index (χ3v) is 4.88. The molecule has 4 N–H and O–H groups in total. The van der Waals surface area contributed by atoms with Gasteiger partial charge in [0.05, 0.1) is 6.54 Å². The van der Waals surface area contributed by atoms with E-state index in [1.165, 1.54) is 0 Å². The van der Waals surface area contributed by atoms with Crippen LogP contribution >= 0.6 is 0 Å². The smallest absolute Gasteiger partial charge is 0.320 e. The molecular weight excluding hydrogens is 358 g/mol. The second-order valence-corrected chi connectivity index (χ2v) is 7.15. The fraction of sp³-hybridized carbons (Fsp3) is 0.882. The lowest BCUT2D eigenvalue weighted by molar-refractivity contribution is -0.255. The maximum absolute atomic E-state index is 12.0. The summed E-state index contributed by atoms with van der Waals surface area (Å²) >= 11 is 0. The number of hydrogen-bond donors (Lipinski definition) is 4. The Morgan fingerprint density at radius 2 is 1.81 bits per heavy atom. The van der Waals surface area contributed by atoms with E-state index in [1.54, 1.807) is 0 Å². The Morgan fingerprint density at radius 1 is 1.15 bits per heavy atom. The average Bonchev–Trinajstić information content (AvgIpc) is 2.63. The van der Waals surface area contributed by atoms with Crippen LogP contribution in [0.1, 0.15) is 19.8 Å². The minimum atomic E-state index is -1.51.